The lowest BCUT2D eigenvalue weighted by atomic mass is 10.0. The number of aromatic nitrogens is 2. The number of nitrogens with one attached hydrogen (secondary N) is 1. The van der Waals surface area contributed by atoms with E-state index in [1.54, 1.807) is 18.2 Å². The Balaban J connectivity index is 1.86. The number of hydrogen-bond donors (Lipinski definition) is 1. The standard InChI is InChI=1S/C22H16F7N3O2/c1-12-18(14-7-8-15(16(23)9-14)21(24,25)26)31-11-32-19(12)30-10-17(13-5-3-2-4-6-13)34-20(33)22(27,28)29/h2-9,11,17H,10H2,1H3,(H,30,31,32)/t17-/m0/s1. The minimum atomic E-state index is -5.20. The Labute approximate surface area is 188 Å². The van der Waals surface area contributed by atoms with Gasteiger partial charge in [-0.15, -0.1) is 0 Å². The minimum Gasteiger partial charge on any atom is -0.449 e. The zero-order chi connectivity index (χ0) is 25.1. The molecule has 0 aliphatic heterocycles. The largest absolute Gasteiger partial charge is 0.490 e. The molecular weight excluding hydrogens is 471 g/mol. The summed E-state index contributed by atoms with van der Waals surface area (Å²) in [7, 11) is 0. The molecule has 0 saturated heterocycles. The third kappa shape index (κ3) is 5.80. The van der Waals surface area contributed by atoms with Gasteiger partial charge >= 0.3 is 18.3 Å². The number of esters is 1. The van der Waals surface area contributed by atoms with Crippen LogP contribution < -0.4 is 5.32 Å². The van der Waals surface area contributed by atoms with Gasteiger partial charge in [-0.3, -0.25) is 0 Å². The molecule has 1 N–H and O–H groups in total. The predicted octanol–water partition coefficient (Wildman–Crippen LogP) is 5.87. The Morgan fingerprint density at radius 2 is 1.71 bits per heavy atom. The molecule has 2 aromatic carbocycles. The van der Waals surface area contributed by atoms with Crippen LogP contribution in [0.4, 0.5) is 36.6 Å². The van der Waals surface area contributed by atoms with E-state index < -0.39 is 35.8 Å². The highest BCUT2D eigenvalue weighted by Crippen LogP contribution is 2.34. The fourth-order valence-corrected chi connectivity index (χ4v) is 3.09. The Kier molecular flexibility index (Phi) is 7.08. The summed E-state index contributed by atoms with van der Waals surface area (Å²) in [6, 6.07) is 9.99. The van der Waals surface area contributed by atoms with Crippen molar-refractivity contribution < 1.29 is 40.3 Å². The van der Waals surface area contributed by atoms with Crippen LogP contribution in [-0.2, 0) is 15.7 Å². The summed E-state index contributed by atoms with van der Waals surface area (Å²) in [6.45, 7) is 1.18. The molecule has 34 heavy (non-hydrogen) atoms. The smallest absolute Gasteiger partial charge is 0.449 e. The highest BCUT2D eigenvalue weighted by atomic mass is 19.4. The van der Waals surface area contributed by atoms with Crippen molar-refractivity contribution in [3.63, 3.8) is 0 Å². The number of anilines is 1. The van der Waals surface area contributed by atoms with Crippen molar-refractivity contribution in [3.05, 3.63) is 77.4 Å². The molecule has 1 atom stereocenters. The van der Waals surface area contributed by atoms with Gasteiger partial charge in [0.25, 0.3) is 0 Å². The lowest BCUT2D eigenvalue weighted by molar-refractivity contribution is -0.204. The van der Waals surface area contributed by atoms with E-state index in [1.807, 2.05) is 0 Å². The van der Waals surface area contributed by atoms with Gasteiger partial charge in [-0.25, -0.2) is 19.2 Å². The quantitative estimate of drug-likeness (QED) is 0.348. The van der Waals surface area contributed by atoms with Crippen molar-refractivity contribution in [3.8, 4) is 11.3 Å². The second-order valence-electron chi connectivity index (χ2n) is 7.07. The molecule has 0 amide bonds. The van der Waals surface area contributed by atoms with E-state index >= 15 is 0 Å². The van der Waals surface area contributed by atoms with Crippen LogP contribution in [0.1, 0.15) is 22.8 Å². The van der Waals surface area contributed by atoms with Gasteiger partial charge in [-0.2, -0.15) is 26.3 Å². The predicted molar refractivity (Wildman–Crippen MR) is 107 cm³/mol. The number of rotatable bonds is 6. The maximum absolute atomic E-state index is 14.0. The molecule has 1 aromatic heterocycles. The topological polar surface area (TPSA) is 64.1 Å². The second kappa shape index (κ2) is 9.65. The first-order valence-corrected chi connectivity index (χ1v) is 9.63. The molecule has 3 rings (SSSR count). The van der Waals surface area contributed by atoms with Crippen molar-refractivity contribution in [2.45, 2.75) is 25.4 Å². The zero-order valence-corrected chi connectivity index (χ0v) is 17.3. The molecule has 0 unspecified atom stereocenters. The second-order valence-corrected chi connectivity index (χ2v) is 7.07. The maximum Gasteiger partial charge on any atom is 0.490 e. The molecule has 180 valence electrons. The lowest BCUT2D eigenvalue weighted by Crippen LogP contribution is -2.29. The SMILES string of the molecule is Cc1c(NC[C@H](OC(=O)C(F)(F)F)c2ccccc2)ncnc1-c1ccc(C(F)(F)F)c(F)c1. The highest BCUT2D eigenvalue weighted by molar-refractivity contribution is 5.76. The molecule has 0 aliphatic carbocycles. The fourth-order valence-electron chi connectivity index (χ4n) is 3.09. The van der Waals surface area contributed by atoms with Crippen LogP contribution >= 0.6 is 0 Å². The van der Waals surface area contributed by atoms with Crippen LogP contribution in [0, 0.1) is 12.7 Å². The minimum absolute atomic E-state index is 0.0385. The number of hydrogen-bond acceptors (Lipinski definition) is 5. The summed E-state index contributed by atoms with van der Waals surface area (Å²) in [4.78, 5) is 19.3. The molecular formula is C22H16F7N3O2. The summed E-state index contributed by atoms with van der Waals surface area (Å²) >= 11 is 0. The third-order valence-corrected chi connectivity index (χ3v) is 4.74. The van der Waals surface area contributed by atoms with Crippen LogP contribution in [-0.4, -0.2) is 28.7 Å². The van der Waals surface area contributed by atoms with Crippen LogP contribution in [0.25, 0.3) is 11.3 Å². The molecule has 5 nitrogen and oxygen atoms in total. The molecule has 12 heteroatoms. The number of halogens is 7. The molecule has 1 heterocycles. The summed E-state index contributed by atoms with van der Waals surface area (Å²) in [5, 5.41) is 2.76. The van der Waals surface area contributed by atoms with Crippen molar-refractivity contribution >= 4 is 11.8 Å². The molecule has 0 spiro atoms. The van der Waals surface area contributed by atoms with Gasteiger partial charge in [-0.1, -0.05) is 36.4 Å². The monoisotopic (exact) mass is 487 g/mol. The van der Waals surface area contributed by atoms with Crippen molar-refractivity contribution in [1.29, 1.82) is 0 Å². The first-order chi connectivity index (χ1) is 15.9. The molecule has 0 radical (unpaired) electrons. The van der Waals surface area contributed by atoms with Gasteiger partial charge < -0.3 is 10.1 Å². The van der Waals surface area contributed by atoms with Gasteiger partial charge in [0, 0.05) is 11.1 Å². The number of carbonyl (C=O) groups excluding carboxylic acids is 1. The molecule has 3 aromatic rings. The number of carbonyl (C=O) groups is 1. The van der Waals surface area contributed by atoms with Gasteiger partial charge in [0.2, 0.25) is 0 Å². The van der Waals surface area contributed by atoms with E-state index in [-0.39, 0.29) is 34.7 Å². The van der Waals surface area contributed by atoms with E-state index in [0.29, 0.717) is 12.1 Å². The van der Waals surface area contributed by atoms with Crippen molar-refractivity contribution in [2.75, 3.05) is 11.9 Å². The van der Waals surface area contributed by atoms with E-state index in [1.165, 1.54) is 19.1 Å². The van der Waals surface area contributed by atoms with Crippen LogP contribution in [0.2, 0.25) is 0 Å². The summed E-state index contributed by atoms with van der Waals surface area (Å²) in [6.07, 6.45) is -10.3. The van der Waals surface area contributed by atoms with Gasteiger partial charge in [0.1, 0.15) is 24.1 Å². The third-order valence-electron chi connectivity index (χ3n) is 4.74. The Bertz CT molecular complexity index is 1170. The Hall–Kier alpha value is -3.70. The lowest BCUT2D eigenvalue weighted by Gasteiger charge is -2.21. The molecule has 0 bridgehead atoms. The summed E-state index contributed by atoms with van der Waals surface area (Å²) in [5.74, 6) is -3.75. The van der Waals surface area contributed by atoms with E-state index in [0.717, 1.165) is 12.4 Å². The fraction of sp³-hybridized carbons (Fsp3) is 0.227. The number of benzene rings is 2. The Morgan fingerprint density at radius 3 is 2.29 bits per heavy atom. The average molecular weight is 487 g/mol. The van der Waals surface area contributed by atoms with Gasteiger partial charge in [-0.05, 0) is 24.6 Å². The average Bonchev–Trinajstić information content (AvgIpc) is 2.76. The summed E-state index contributed by atoms with van der Waals surface area (Å²) in [5.41, 5.74) is -0.719. The zero-order valence-electron chi connectivity index (χ0n) is 17.3. The van der Waals surface area contributed by atoms with E-state index in [4.69, 9.17) is 0 Å². The van der Waals surface area contributed by atoms with Crippen molar-refractivity contribution in [2.24, 2.45) is 0 Å². The van der Waals surface area contributed by atoms with E-state index in [2.05, 4.69) is 20.0 Å². The normalized spacial score (nSPS) is 12.8. The van der Waals surface area contributed by atoms with Gasteiger partial charge in [0.05, 0.1) is 17.8 Å². The molecule has 0 aliphatic rings. The van der Waals surface area contributed by atoms with Crippen molar-refractivity contribution in [1.82, 2.24) is 9.97 Å². The maximum atomic E-state index is 14.0. The number of nitrogens with zero attached hydrogens (tertiary/aromatic N) is 2. The number of ether oxygens (including phenoxy) is 1. The molecule has 0 saturated carbocycles. The first-order valence-electron chi connectivity index (χ1n) is 9.63. The Morgan fingerprint density at radius 1 is 1.03 bits per heavy atom. The number of alkyl halides is 6. The van der Waals surface area contributed by atoms with Crippen LogP contribution in [0.15, 0.2) is 54.9 Å². The molecule has 0 fully saturated rings. The van der Waals surface area contributed by atoms with Crippen LogP contribution in [0.3, 0.4) is 0 Å². The summed E-state index contributed by atoms with van der Waals surface area (Å²) < 4.78 is 95.2. The first kappa shape index (κ1) is 24.9. The highest BCUT2D eigenvalue weighted by Gasteiger charge is 2.42. The van der Waals surface area contributed by atoms with E-state index in [9.17, 15) is 35.5 Å². The van der Waals surface area contributed by atoms with Crippen LogP contribution in [0.5, 0.6) is 0 Å². The van der Waals surface area contributed by atoms with Gasteiger partial charge in [0.15, 0.2) is 0 Å².